The highest BCUT2D eigenvalue weighted by atomic mass is 16.5. The third-order valence-electron chi connectivity index (χ3n) is 5.26. The van der Waals surface area contributed by atoms with Gasteiger partial charge in [-0.05, 0) is 54.2 Å². The van der Waals surface area contributed by atoms with E-state index >= 15 is 0 Å². The number of fused-ring (bicyclic) bond motifs is 1. The van der Waals surface area contributed by atoms with Crippen molar-refractivity contribution in [1.29, 1.82) is 0 Å². The van der Waals surface area contributed by atoms with Gasteiger partial charge in [0.05, 0.1) is 19.0 Å². The highest BCUT2D eigenvalue weighted by molar-refractivity contribution is 5.77. The van der Waals surface area contributed by atoms with Crippen LogP contribution in [0.25, 0.3) is 11.3 Å². The van der Waals surface area contributed by atoms with Crippen molar-refractivity contribution in [3.05, 3.63) is 71.4 Å². The summed E-state index contributed by atoms with van der Waals surface area (Å²) in [7, 11) is 1.65. The fourth-order valence-corrected chi connectivity index (χ4v) is 3.80. The molecule has 1 aromatic heterocycles. The van der Waals surface area contributed by atoms with Gasteiger partial charge in [-0.15, -0.1) is 0 Å². The minimum atomic E-state index is 0.0820. The number of hydrogen-bond acceptors (Lipinski definition) is 3. The van der Waals surface area contributed by atoms with E-state index in [-0.39, 0.29) is 5.91 Å². The van der Waals surface area contributed by atoms with Crippen molar-refractivity contribution in [3.63, 3.8) is 0 Å². The van der Waals surface area contributed by atoms with Crippen LogP contribution in [0.15, 0.2) is 54.7 Å². The summed E-state index contributed by atoms with van der Waals surface area (Å²) in [6.45, 7) is 0.463. The van der Waals surface area contributed by atoms with Gasteiger partial charge >= 0.3 is 0 Å². The average Bonchev–Trinajstić information content (AvgIpc) is 3.34. The lowest BCUT2D eigenvalue weighted by Gasteiger charge is -2.12. The van der Waals surface area contributed by atoms with Gasteiger partial charge in [0.2, 0.25) is 5.91 Å². The summed E-state index contributed by atoms with van der Waals surface area (Å²) in [5.41, 5.74) is 5.62. The van der Waals surface area contributed by atoms with Crippen LogP contribution < -0.4 is 10.1 Å². The zero-order valence-electron chi connectivity index (χ0n) is 15.4. The van der Waals surface area contributed by atoms with Crippen molar-refractivity contribution in [2.24, 2.45) is 0 Å². The summed E-state index contributed by atoms with van der Waals surface area (Å²) in [5, 5.41) is 10.2. The van der Waals surface area contributed by atoms with Gasteiger partial charge in [-0.25, -0.2) is 0 Å². The van der Waals surface area contributed by atoms with Crippen LogP contribution in [0.2, 0.25) is 0 Å². The SMILES string of the molecule is COc1ccc(-c2[nH]ncc2CNC(=O)C[C@@H]2CCc3ccccc32)cc1. The Bertz CT molecular complexity index is 931. The molecule has 0 aliphatic heterocycles. The predicted octanol–water partition coefficient (Wildman–Crippen LogP) is 3.82. The van der Waals surface area contributed by atoms with E-state index in [0.717, 1.165) is 35.4 Å². The molecular weight excluding hydrogens is 338 g/mol. The topological polar surface area (TPSA) is 67.0 Å². The van der Waals surface area contributed by atoms with Crippen LogP contribution in [-0.2, 0) is 17.8 Å². The minimum Gasteiger partial charge on any atom is -0.497 e. The third-order valence-corrected chi connectivity index (χ3v) is 5.26. The summed E-state index contributed by atoms with van der Waals surface area (Å²) < 4.78 is 5.20. The molecule has 0 bridgehead atoms. The number of nitrogens with zero attached hydrogens (tertiary/aromatic N) is 1. The Hall–Kier alpha value is -3.08. The van der Waals surface area contributed by atoms with Crippen molar-refractivity contribution < 1.29 is 9.53 Å². The zero-order valence-corrected chi connectivity index (χ0v) is 15.4. The number of aromatic nitrogens is 2. The molecule has 5 nitrogen and oxygen atoms in total. The highest BCUT2D eigenvalue weighted by Crippen LogP contribution is 2.35. The Morgan fingerprint density at radius 1 is 1.22 bits per heavy atom. The van der Waals surface area contributed by atoms with E-state index in [9.17, 15) is 4.79 Å². The van der Waals surface area contributed by atoms with Crippen molar-refractivity contribution in [3.8, 4) is 17.0 Å². The second-order valence-electron chi connectivity index (χ2n) is 6.91. The molecule has 1 heterocycles. The van der Waals surface area contributed by atoms with Gasteiger partial charge in [0.1, 0.15) is 5.75 Å². The molecule has 1 amide bonds. The Labute approximate surface area is 158 Å². The normalized spacial score (nSPS) is 15.4. The number of hydrogen-bond donors (Lipinski definition) is 2. The molecule has 0 radical (unpaired) electrons. The van der Waals surface area contributed by atoms with E-state index in [0.29, 0.717) is 18.9 Å². The lowest BCUT2D eigenvalue weighted by Crippen LogP contribution is -2.24. The molecule has 1 aliphatic carbocycles. The van der Waals surface area contributed by atoms with Crippen LogP contribution in [0.3, 0.4) is 0 Å². The second kappa shape index (κ2) is 7.66. The maximum Gasteiger partial charge on any atom is 0.220 e. The van der Waals surface area contributed by atoms with E-state index in [1.54, 1.807) is 13.3 Å². The van der Waals surface area contributed by atoms with Gasteiger partial charge in [0.25, 0.3) is 0 Å². The standard InChI is InChI=1S/C22H23N3O2/c1-27-19-10-8-16(9-11-19)22-18(14-24-25-22)13-23-21(26)12-17-7-6-15-4-2-3-5-20(15)17/h2-5,8-11,14,17H,6-7,12-13H2,1H3,(H,23,26)(H,24,25)/t17-/m0/s1. The van der Waals surface area contributed by atoms with Gasteiger partial charge in [0.15, 0.2) is 0 Å². The van der Waals surface area contributed by atoms with E-state index in [4.69, 9.17) is 4.74 Å². The lowest BCUT2D eigenvalue weighted by atomic mass is 9.97. The number of rotatable bonds is 6. The average molecular weight is 361 g/mol. The maximum absolute atomic E-state index is 12.5. The molecule has 1 aliphatic rings. The summed E-state index contributed by atoms with van der Waals surface area (Å²) in [6, 6.07) is 16.2. The van der Waals surface area contributed by atoms with E-state index in [2.05, 4.69) is 39.8 Å². The molecule has 138 valence electrons. The Balaban J connectivity index is 1.38. The van der Waals surface area contributed by atoms with Crippen molar-refractivity contribution >= 4 is 5.91 Å². The largest absolute Gasteiger partial charge is 0.497 e. The van der Waals surface area contributed by atoms with Gasteiger partial charge in [-0.1, -0.05) is 24.3 Å². The first-order valence-electron chi connectivity index (χ1n) is 9.26. The predicted molar refractivity (Wildman–Crippen MR) is 105 cm³/mol. The van der Waals surface area contributed by atoms with Crippen LogP contribution in [0.1, 0.15) is 35.4 Å². The van der Waals surface area contributed by atoms with Crippen molar-refractivity contribution in [2.75, 3.05) is 7.11 Å². The number of benzene rings is 2. The van der Waals surface area contributed by atoms with Crippen LogP contribution in [-0.4, -0.2) is 23.2 Å². The molecule has 0 spiro atoms. The van der Waals surface area contributed by atoms with Crippen molar-refractivity contribution in [1.82, 2.24) is 15.5 Å². The Morgan fingerprint density at radius 2 is 2.04 bits per heavy atom. The number of methoxy groups -OCH3 is 1. The second-order valence-corrected chi connectivity index (χ2v) is 6.91. The molecule has 1 atom stereocenters. The minimum absolute atomic E-state index is 0.0820. The van der Waals surface area contributed by atoms with Crippen molar-refractivity contribution in [2.45, 2.75) is 31.7 Å². The molecule has 27 heavy (non-hydrogen) atoms. The summed E-state index contributed by atoms with van der Waals surface area (Å²) in [6.07, 6.45) is 4.42. The van der Waals surface area contributed by atoms with E-state index < -0.39 is 0 Å². The number of aryl methyl sites for hydroxylation is 1. The number of carbonyl (C=O) groups is 1. The molecule has 0 saturated heterocycles. The molecule has 0 fully saturated rings. The molecule has 2 N–H and O–H groups in total. The van der Waals surface area contributed by atoms with Gasteiger partial charge < -0.3 is 10.1 Å². The number of ether oxygens (including phenoxy) is 1. The first kappa shape index (κ1) is 17.3. The first-order chi connectivity index (χ1) is 13.2. The van der Waals surface area contributed by atoms with E-state index in [1.165, 1.54) is 11.1 Å². The monoisotopic (exact) mass is 361 g/mol. The van der Waals surface area contributed by atoms with Gasteiger partial charge in [0, 0.05) is 24.1 Å². The van der Waals surface area contributed by atoms with Crippen LogP contribution >= 0.6 is 0 Å². The van der Waals surface area contributed by atoms with E-state index in [1.807, 2.05) is 24.3 Å². The highest BCUT2D eigenvalue weighted by Gasteiger charge is 2.24. The molecular formula is C22H23N3O2. The number of H-pyrrole nitrogens is 1. The molecule has 5 heteroatoms. The number of carbonyl (C=O) groups excluding carboxylic acids is 1. The molecule has 4 rings (SSSR count). The quantitative estimate of drug-likeness (QED) is 0.701. The van der Waals surface area contributed by atoms with Gasteiger partial charge in [-0.3, -0.25) is 9.89 Å². The third kappa shape index (κ3) is 3.72. The number of aromatic amines is 1. The fraction of sp³-hybridized carbons (Fsp3) is 0.273. The number of amides is 1. The van der Waals surface area contributed by atoms with Crippen LogP contribution in [0.4, 0.5) is 0 Å². The zero-order chi connectivity index (χ0) is 18.6. The molecule has 2 aromatic carbocycles. The van der Waals surface area contributed by atoms with Crippen LogP contribution in [0.5, 0.6) is 5.75 Å². The van der Waals surface area contributed by atoms with Crippen LogP contribution in [0, 0.1) is 0 Å². The summed E-state index contributed by atoms with van der Waals surface area (Å²) in [4.78, 5) is 12.5. The smallest absolute Gasteiger partial charge is 0.220 e. The molecule has 3 aromatic rings. The number of nitrogens with one attached hydrogen (secondary N) is 2. The molecule has 0 saturated carbocycles. The fourth-order valence-electron chi connectivity index (χ4n) is 3.80. The summed E-state index contributed by atoms with van der Waals surface area (Å²) in [5.74, 6) is 1.22. The summed E-state index contributed by atoms with van der Waals surface area (Å²) >= 11 is 0. The Morgan fingerprint density at radius 3 is 2.85 bits per heavy atom. The first-order valence-corrected chi connectivity index (χ1v) is 9.26. The Kier molecular flexibility index (Phi) is 4.92. The maximum atomic E-state index is 12.5. The molecule has 0 unspecified atom stereocenters. The lowest BCUT2D eigenvalue weighted by molar-refractivity contribution is -0.121. The van der Waals surface area contributed by atoms with Gasteiger partial charge in [-0.2, -0.15) is 5.10 Å².